The summed E-state index contributed by atoms with van der Waals surface area (Å²) >= 11 is 0. The Hall–Kier alpha value is -0.840. The highest BCUT2D eigenvalue weighted by Crippen LogP contribution is 2.49. The molecule has 0 spiro atoms. The highest BCUT2D eigenvalue weighted by molar-refractivity contribution is 6.01. The molecule has 2 rings (SSSR count). The number of carbonyl (C=O) groups is 1. The van der Waals surface area contributed by atoms with Crippen LogP contribution >= 0.6 is 0 Å². The molecular formula is C12H15F3O2. The van der Waals surface area contributed by atoms with E-state index in [-0.39, 0.29) is 12.5 Å². The van der Waals surface area contributed by atoms with Gasteiger partial charge in [0.2, 0.25) is 0 Å². The van der Waals surface area contributed by atoms with Crippen LogP contribution in [0.2, 0.25) is 0 Å². The van der Waals surface area contributed by atoms with Crippen LogP contribution in [-0.4, -0.2) is 24.2 Å². The van der Waals surface area contributed by atoms with E-state index in [1.165, 1.54) is 0 Å². The molecule has 1 aliphatic carbocycles. The second-order valence-corrected chi connectivity index (χ2v) is 4.82. The SMILES string of the molecule is C=C(C(=O)C(F)(F)F)C1(C2CCCCC2)CO1. The molecule has 0 aromatic carbocycles. The maximum absolute atomic E-state index is 12.4. The molecule has 1 unspecified atom stereocenters. The van der Waals surface area contributed by atoms with Gasteiger partial charge in [-0.15, -0.1) is 0 Å². The van der Waals surface area contributed by atoms with Crippen molar-refractivity contribution in [3.63, 3.8) is 0 Å². The van der Waals surface area contributed by atoms with Crippen molar-refractivity contribution >= 4 is 5.78 Å². The van der Waals surface area contributed by atoms with Gasteiger partial charge in [-0.3, -0.25) is 4.79 Å². The topological polar surface area (TPSA) is 29.6 Å². The minimum Gasteiger partial charge on any atom is -0.364 e. The van der Waals surface area contributed by atoms with Crippen LogP contribution in [0.15, 0.2) is 12.2 Å². The van der Waals surface area contributed by atoms with Crippen LogP contribution in [0.4, 0.5) is 13.2 Å². The number of hydrogen-bond acceptors (Lipinski definition) is 2. The summed E-state index contributed by atoms with van der Waals surface area (Å²) in [7, 11) is 0. The molecule has 5 heteroatoms. The molecule has 1 aliphatic heterocycles. The third-order valence-corrected chi connectivity index (χ3v) is 3.76. The normalized spacial score (nSPS) is 30.1. The molecule has 2 fully saturated rings. The van der Waals surface area contributed by atoms with Crippen LogP contribution in [0.1, 0.15) is 32.1 Å². The van der Waals surface area contributed by atoms with Crippen molar-refractivity contribution in [1.82, 2.24) is 0 Å². The van der Waals surface area contributed by atoms with Crippen LogP contribution in [0.5, 0.6) is 0 Å². The fraction of sp³-hybridized carbons (Fsp3) is 0.750. The minimum atomic E-state index is -4.84. The van der Waals surface area contributed by atoms with Gasteiger partial charge in [-0.05, 0) is 18.8 Å². The molecule has 96 valence electrons. The van der Waals surface area contributed by atoms with Crippen molar-refractivity contribution in [1.29, 1.82) is 0 Å². The average molecular weight is 248 g/mol. The second kappa shape index (κ2) is 4.12. The fourth-order valence-corrected chi connectivity index (χ4v) is 2.67. The van der Waals surface area contributed by atoms with Gasteiger partial charge in [0.1, 0.15) is 5.60 Å². The number of epoxide rings is 1. The van der Waals surface area contributed by atoms with E-state index >= 15 is 0 Å². The maximum atomic E-state index is 12.4. The Morgan fingerprint density at radius 2 is 1.76 bits per heavy atom. The molecule has 0 amide bonds. The molecular weight excluding hydrogens is 233 g/mol. The lowest BCUT2D eigenvalue weighted by molar-refractivity contribution is -0.167. The summed E-state index contributed by atoms with van der Waals surface area (Å²) < 4.78 is 42.3. The van der Waals surface area contributed by atoms with Crippen molar-refractivity contribution in [3.05, 3.63) is 12.2 Å². The largest absolute Gasteiger partial charge is 0.454 e. The number of alkyl halides is 3. The monoisotopic (exact) mass is 248 g/mol. The van der Waals surface area contributed by atoms with E-state index in [2.05, 4.69) is 6.58 Å². The van der Waals surface area contributed by atoms with Crippen LogP contribution in [0, 0.1) is 5.92 Å². The third kappa shape index (κ3) is 2.25. The Kier molecular flexibility index (Phi) is 3.06. The molecule has 0 aromatic rings. The fourth-order valence-electron chi connectivity index (χ4n) is 2.67. The summed E-state index contributed by atoms with van der Waals surface area (Å²) in [5, 5.41) is 0. The number of hydrogen-bond donors (Lipinski definition) is 0. The van der Waals surface area contributed by atoms with E-state index < -0.39 is 23.1 Å². The van der Waals surface area contributed by atoms with E-state index in [1.54, 1.807) is 0 Å². The number of carbonyl (C=O) groups excluding carboxylic acids is 1. The summed E-state index contributed by atoms with van der Waals surface area (Å²) in [6.07, 6.45) is -0.113. The van der Waals surface area contributed by atoms with E-state index in [9.17, 15) is 18.0 Å². The van der Waals surface area contributed by atoms with Crippen molar-refractivity contribution in [3.8, 4) is 0 Å². The molecule has 2 nitrogen and oxygen atoms in total. The Balaban J connectivity index is 2.10. The van der Waals surface area contributed by atoms with Crippen LogP contribution in [0.3, 0.4) is 0 Å². The molecule has 0 N–H and O–H groups in total. The third-order valence-electron chi connectivity index (χ3n) is 3.76. The quantitative estimate of drug-likeness (QED) is 0.567. The first-order valence-electron chi connectivity index (χ1n) is 5.83. The molecule has 1 saturated heterocycles. The highest BCUT2D eigenvalue weighted by Gasteiger charge is 2.59. The average Bonchev–Trinajstić information content (AvgIpc) is 3.08. The van der Waals surface area contributed by atoms with Gasteiger partial charge < -0.3 is 4.74 Å². The predicted octanol–water partition coefficient (Wildman–Crippen LogP) is 3.02. The zero-order valence-electron chi connectivity index (χ0n) is 9.48. The summed E-state index contributed by atoms with van der Waals surface area (Å²) in [5.41, 5.74) is -1.41. The van der Waals surface area contributed by atoms with Gasteiger partial charge in [0.15, 0.2) is 0 Å². The smallest absolute Gasteiger partial charge is 0.364 e. The molecule has 1 atom stereocenters. The highest BCUT2D eigenvalue weighted by atomic mass is 19.4. The van der Waals surface area contributed by atoms with Gasteiger partial charge in [-0.25, -0.2) is 0 Å². The number of ether oxygens (including phenoxy) is 1. The van der Waals surface area contributed by atoms with Gasteiger partial charge in [0.05, 0.1) is 6.61 Å². The molecule has 17 heavy (non-hydrogen) atoms. The Morgan fingerprint density at radius 3 is 2.18 bits per heavy atom. The van der Waals surface area contributed by atoms with Crippen LogP contribution < -0.4 is 0 Å². The lowest BCUT2D eigenvalue weighted by Crippen LogP contribution is -2.37. The lowest BCUT2D eigenvalue weighted by Gasteiger charge is -2.28. The number of ketones is 1. The maximum Gasteiger partial charge on any atom is 0.454 e. The van der Waals surface area contributed by atoms with E-state index in [4.69, 9.17) is 4.74 Å². The predicted molar refractivity (Wildman–Crippen MR) is 55.5 cm³/mol. The summed E-state index contributed by atoms with van der Waals surface area (Å²) in [4.78, 5) is 11.2. The summed E-state index contributed by atoms with van der Waals surface area (Å²) in [6, 6.07) is 0. The van der Waals surface area contributed by atoms with E-state index in [1.807, 2.05) is 0 Å². The molecule has 0 aromatic heterocycles. The zero-order chi connectivity index (χ0) is 12.7. The number of halogens is 3. The van der Waals surface area contributed by atoms with Gasteiger partial charge >= 0.3 is 6.18 Å². The summed E-state index contributed by atoms with van der Waals surface area (Å²) in [6.45, 7) is 3.54. The van der Waals surface area contributed by atoms with E-state index in [0.29, 0.717) is 0 Å². The van der Waals surface area contributed by atoms with Gasteiger partial charge in [-0.1, -0.05) is 25.8 Å². The molecule has 0 radical (unpaired) electrons. The first-order chi connectivity index (χ1) is 7.88. The molecule has 1 saturated carbocycles. The van der Waals surface area contributed by atoms with Crippen LogP contribution in [0.25, 0.3) is 0 Å². The number of Topliss-reactive ketones (excluding diaryl/α,β-unsaturated/α-hetero) is 1. The van der Waals surface area contributed by atoms with Gasteiger partial charge in [-0.2, -0.15) is 13.2 Å². The second-order valence-electron chi connectivity index (χ2n) is 4.82. The summed E-state index contributed by atoms with van der Waals surface area (Å²) in [5.74, 6) is -1.81. The number of rotatable bonds is 3. The standard InChI is InChI=1S/C12H15F3O2/c1-8(10(16)12(13,14)15)11(7-17-11)9-5-3-2-4-6-9/h9H,1-7H2. The minimum absolute atomic E-state index is 0.0232. The van der Waals surface area contributed by atoms with Gasteiger partial charge in [0.25, 0.3) is 5.78 Å². The van der Waals surface area contributed by atoms with Crippen molar-refractivity contribution in [2.24, 2.45) is 5.92 Å². The van der Waals surface area contributed by atoms with Crippen molar-refractivity contribution in [2.75, 3.05) is 6.61 Å². The first kappa shape index (κ1) is 12.6. The Morgan fingerprint density at radius 1 is 1.24 bits per heavy atom. The Labute approximate surface area is 97.8 Å². The lowest BCUT2D eigenvalue weighted by atomic mass is 9.76. The zero-order valence-corrected chi connectivity index (χ0v) is 9.48. The molecule has 0 bridgehead atoms. The van der Waals surface area contributed by atoms with Crippen molar-refractivity contribution < 1.29 is 22.7 Å². The van der Waals surface area contributed by atoms with Gasteiger partial charge in [0, 0.05) is 5.57 Å². The van der Waals surface area contributed by atoms with E-state index in [0.717, 1.165) is 32.1 Å². The molecule has 2 aliphatic rings. The Bertz CT molecular complexity index is 336. The van der Waals surface area contributed by atoms with Crippen LogP contribution in [-0.2, 0) is 9.53 Å². The molecule has 1 heterocycles. The van der Waals surface area contributed by atoms with Crippen molar-refractivity contribution in [2.45, 2.75) is 43.9 Å². The first-order valence-corrected chi connectivity index (χ1v) is 5.83.